The van der Waals surface area contributed by atoms with Crippen LogP contribution in [0.2, 0.25) is 0 Å². The number of esters is 1. The van der Waals surface area contributed by atoms with E-state index in [1.54, 1.807) is 0 Å². The SMILES string of the molecule is CC(C)(I)[C@@H]1C[C@@H](CN=O)OC1=O. The van der Waals surface area contributed by atoms with Gasteiger partial charge in [0.25, 0.3) is 0 Å². The molecule has 2 atom stereocenters. The number of ether oxygens (including phenoxy) is 1. The number of rotatable bonds is 3. The maximum atomic E-state index is 11.3. The summed E-state index contributed by atoms with van der Waals surface area (Å²) in [5, 5.41) is 2.74. The van der Waals surface area contributed by atoms with Gasteiger partial charge in [-0.2, -0.15) is 4.91 Å². The van der Waals surface area contributed by atoms with Gasteiger partial charge in [0.2, 0.25) is 0 Å². The Morgan fingerprint density at radius 3 is 2.69 bits per heavy atom. The second-order valence-electron chi connectivity index (χ2n) is 3.72. The van der Waals surface area contributed by atoms with Gasteiger partial charge >= 0.3 is 5.97 Å². The van der Waals surface area contributed by atoms with E-state index in [9.17, 15) is 9.70 Å². The van der Waals surface area contributed by atoms with Crippen LogP contribution in [-0.2, 0) is 9.53 Å². The second-order valence-corrected chi connectivity index (χ2v) is 6.50. The van der Waals surface area contributed by atoms with E-state index >= 15 is 0 Å². The van der Waals surface area contributed by atoms with Crippen molar-refractivity contribution in [1.82, 2.24) is 0 Å². The first-order chi connectivity index (χ1) is 5.95. The van der Waals surface area contributed by atoms with Crippen LogP contribution in [0.1, 0.15) is 20.3 Å². The zero-order valence-electron chi connectivity index (χ0n) is 7.62. The highest BCUT2D eigenvalue weighted by atomic mass is 127. The Hall–Kier alpha value is -0.200. The number of nitroso groups, excluding NO2 is 1. The fourth-order valence-corrected chi connectivity index (χ4v) is 1.92. The average Bonchev–Trinajstić information content (AvgIpc) is 2.30. The molecule has 0 aromatic rings. The molecule has 0 bridgehead atoms. The average molecular weight is 297 g/mol. The van der Waals surface area contributed by atoms with Gasteiger partial charge in [-0.3, -0.25) is 4.79 Å². The first-order valence-electron chi connectivity index (χ1n) is 4.13. The van der Waals surface area contributed by atoms with E-state index in [0.717, 1.165) is 0 Å². The lowest BCUT2D eigenvalue weighted by atomic mass is 9.93. The highest BCUT2D eigenvalue weighted by Crippen LogP contribution is 2.36. The van der Waals surface area contributed by atoms with E-state index in [1.165, 1.54) is 0 Å². The summed E-state index contributed by atoms with van der Waals surface area (Å²) in [7, 11) is 0. The van der Waals surface area contributed by atoms with E-state index < -0.39 is 0 Å². The summed E-state index contributed by atoms with van der Waals surface area (Å²) in [5.41, 5.74) is 0. The lowest BCUT2D eigenvalue weighted by molar-refractivity contribution is -0.144. The van der Waals surface area contributed by atoms with Crippen LogP contribution in [0, 0.1) is 10.8 Å². The van der Waals surface area contributed by atoms with E-state index in [1.807, 2.05) is 13.8 Å². The number of hydrogen-bond donors (Lipinski definition) is 0. The quantitative estimate of drug-likeness (QED) is 0.346. The largest absolute Gasteiger partial charge is 0.460 e. The van der Waals surface area contributed by atoms with Crippen molar-refractivity contribution in [3.8, 4) is 0 Å². The van der Waals surface area contributed by atoms with Gasteiger partial charge in [0.05, 0.1) is 5.92 Å². The number of alkyl halides is 1. The molecule has 1 rings (SSSR count). The molecule has 0 radical (unpaired) electrons. The maximum Gasteiger partial charge on any atom is 0.310 e. The minimum atomic E-state index is -0.302. The second kappa shape index (κ2) is 3.89. The van der Waals surface area contributed by atoms with Gasteiger partial charge in [0, 0.05) is 9.84 Å². The molecule has 0 unspecified atom stereocenters. The number of halogens is 1. The Morgan fingerprint density at radius 2 is 2.31 bits per heavy atom. The molecule has 4 nitrogen and oxygen atoms in total. The van der Waals surface area contributed by atoms with Gasteiger partial charge in [-0.25, -0.2) is 0 Å². The highest BCUT2D eigenvalue weighted by molar-refractivity contribution is 14.1. The monoisotopic (exact) mass is 297 g/mol. The molecule has 13 heavy (non-hydrogen) atoms. The first kappa shape index (κ1) is 10.9. The van der Waals surface area contributed by atoms with Crippen molar-refractivity contribution in [3.05, 3.63) is 4.91 Å². The number of cyclic esters (lactones) is 1. The number of carbonyl (C=O) groups excluding carboxylic acids is 1. The molecule has 0 saturated carbocycles. The van der Waals surface area contributed by atoms with Crippen LogP contribution in [0.5, 0.6) is 0 Å². The topological polar surface area (TPSA) is 55.7 Å². The van der Waals surface area contributed by atoms with Gasteiger partial charge in [0.1, 0.15) is 12.6 Å². The highest BCUT2D eigenvalue weighted by Gasteiger charge is 2.42. The molecule has 1 fully saturated rings. The molecule has 74 valence electrons. The van der Waals surface area contributed by atoms with Crippen molar-refractivity contribution in [3.63, 3.8) is 0 Å². The van der Waals surface area contributed by atoms with Crippen molar-refractivity contribution < 1.29 is 9.53 Å². The molecule has 0 N–H and O–H groups in total. The zero-order valence-corrected chi connectivity index (χ0v) is 9.78. The summed E-state index contributed by atoms with van der Waals surface area (Å²) < 4.78 is 4.88. The van der Waals surface area contributed by atoms with Gasteiger partial charge in [0.15, 0.2) is 0 Å². The predicted octanol–water partition coefficient (Wildman–Crippen LogP) is 1.90. The first-order valence-corrected chi connectivity index (χ1v) is 5.21. The minimum absolute atomic E-state index is 0.0783. The Morgan fingerprint density at radius 1 is 1.69 bits per heavy atom. The molecule has 1 aliphatic rings. The molecule has 0 amide bonds. The third-order valence-corrected chi connectivity index (χ3v) is 2.92. The fourth-order valence-electron chi connectivity index (χ4n) is 1.41. The lowest BCUT2D eigenvalue weighted by Crippen LogP contribution is -2.27. The van der Waals surface area contributed by atoms with Crippen molar-refractivity contribution in [2.24, 2.45) is 11.1 Å². The Balaban J connectivity index is 2.61. The summed E-state index contributed by atoms with van der Waals surface area (Å²) in [6, 6.07) is 0. The molecule has 5 heteroatoms. The summed E-state index contributed by atoms with van der Waals surface area (Å²) in [6.45, 7) is 4.04. The summed E-state index contributed by atoms with van der Waals surface area (Å²) >= 11 is 2.22. The van der Waals surface area contributed by atoms with Crippen LogP contribution >= 0.6 is 22.6 Å². The Kier molecular flexibility index (Phi) is 3.26. The van der Waals surface area contributed by atoms with E-state index in [0.29, 0.717) is 6.42 Å². The third kappa shape index (κ3) is 2.62. The van der Waals surface area contributed by atoms with E-state index in [-0.39, 0.29) is 28.0 Å². The minimum Gasteiger partial charge on any atom is -0.460 e. The third-order valence-electron chi connectivity index (χ3n) is 2.17. The van der Waals surface area contributed by atoms with Crippen molar-refractivity contribution in [2.45, 2.75) is 29.8 Å². The Bertz CT molecular complexity index is 224. The van der Waals surface area contributed by atoms with Crippen LogP contribution in [-0.4, -0.2) is 22.0 Å². The normalized spacial score (nSPS) is 28.7. The van der Waals surface area contributed by atoms with Gasteiger partial charge in [-0.1, -0.05) is 27.8 Å². The molecule has 0 spiro atoms. The van der Waals surface area contributed by atoms with Crippen LogP contribution < -0.4 is 0 Å². The van der Waals surface area contributed by atoms with E-state index in [2.05, 4.69) is 27.8 Å². The predicted molar refractivity (Wildman–Crippen MR) is 56.7 cm³/mol. The van der Waals surface area contributed by atoms with Crippen LogP contribution in [0.25, 0.3) is 0 Å². The zero-order chi connectivity index (χ0) is 10.1. The van der Waals surface area contributed by atoms with Crippen LogP contribution in [0.4, 0.5) is 0 Å². The standard InChI is InChI=1S/C8H12INO3/c1-8(2,9)6-3-5(4-10-12)13-7(6)11/h5-6H,3-4H2,1-2H3/t5-,6+/m0/s1. The molecule has 0 aromatic carbocycles. The number of nitrogens with zero attached hydrogens (tertiary/aromatic N) is 1. The van der Waals surface area contributed by atoms with Gasteiger partial charge in [-0.15, -0.1) is 0 Å². The number of carbonyl (C=O) groups is 1. The summed E-state index contributed by atoms with van der Waals surface area (Å²) in [6.07, 6.45) is 0.310. The Labute approximate surface area is 90.5 Å². The molecule has 1 heterocycles. The molecular formula is C8H12INO3. The van der Waals surface area contributed by atoms with Crippen molar-refractivity contribution in [2.75, 3.05) is 6.54 Å². The van der Waals surface area contributed by atoms with Crippen molar-refractivity contribution >= 4 is 28.6 Å². The molecule has 1 saturated heterocycles. The van der Waals surface area contributed by atoms with Gasteiger partial charge < -0.3 is 4.74 Å². The number of hydrogen-bond acceptors (Lipinski definition) is 4. The van der Waals surface area contributed by atoms with Crippen LogP contribution in [0.15, 0.2) is 5.18 Å². The summed E-state index contributed by atoms with van der Waals surface area (Å²) in [4.78, 5) is 21.3. The molecule has 0 aromatic heterocycles. The molecule has 1 aliphatic heterocycles. The molecular weight excluding hydrogens is 285 g/mol. The fraction of sp³-hybridized carbons (Fsp3) is 0.875. The van der Waals surface area contributed by atoms with Gasteiger partial charge in [-0.05, 0) is 13.8 Å². The van der Waals surface area contributed by atoms with E-state index in [4.69, 9.17) is 4.74 Å². The lowest BCUT2D eigenvalue weighted by Gasteiger charge is -2.20. The summed E-state index contributed by atoms with van der Waals surface area (Å²) in [5.74, 6) is -0.312. The smallest absolute Gasteiger partial charge is 0.310 e. The van der Waals surface area contributed by atoms with Crippen LogP contribution in [0.3, 0.4) is 0 Å². The maximum absolute atomic E-state index is 11.3. The van der Waals surface area contributed by atoms with Crippen molar-refractivity contribution in [1.29, 1.82) is 0 Å². The molecule has 0 aliphatic carbocycles.